The van der Waals surface area contributed by atoms with Gasteiger partial charge in [-0.3, -0.25) is 19.3 Å². The van der Waals surface area contributed by atoms with Crippen LogP contribution in [0, 0.1) is 11.3 Å². The molecule has 3 amide bonds. The fourth-order valence-electron chi connectivity index (χ4n) is 5.09. The van der Waals surface area contributed by atoms with Gasteiger partial charge in [0.1, 0.15) is 24.4 Å². The number of urea groups is 1. The summed E-state index contributed by atoms with van der Waals surface area (Å²) < 4.78 is 10.6. The summed E-state index contributed by atoms with van der Waals surface area (Å²) in [5.41, 5.74) is -0.0514. The van der Waals surface area contributed by atoms with Crippen molar-refractivity contribution in [1.82, 2.24) is 10.2 Å². The van der Waals surface area contributed by atoms with E-state index < -0.39 is 24.1 Å². The maximum absolute atomic E-state index is 13.1. The Labute approximate surface area is 182 Å². The minimum absolute atomic E-state index is 0.0879. The highest BCUT2D eigenvalue weighted by molar-refractivity contribution is 6.08. The number of hydrogen-bond acceptors (Lipinski definition) is 6. The highest BCUT2D eigenvalue weighted by atomic mass is 16.5. The lowest BCUT2D eigenvalue weighted by molar-refractivity contribution is -0.149. The van der Waals surface area contributed by atoms with E-state index in [0.717, 1.165) is 11.3 Å². The van der Waals surface area contributed by atoms with E-state index in [2.05, 4.69) is 26.1 Å². The molecule has 1 aromatic carbocycles. The smallest absolute Gasteiger partial charge is 0.326 e. The molecule has 0 aromatic heterocycles. The topological polar surface area (TPSA) is 102 Å². The fraction of sp³-hybridized carbons (Fsp3) is 0.565. The molecular weight excluding hydrogens is 400 g/mol. The normalized spacial score (nSPS) is 24.8. The zero-order valence-corrected chi connectivity index (χ0v) is 18.7. The molecule has 1 N–H and O–H groups in total. The number of carbonyl (C=O) groups is 4. The van der Waals surface area contributed by atoms with Gasteiger partial charge in [0.25, 0.3) is 5.91 Å². The fourth-order valence-corrected chi connectivity index (χ4v) is 5.09. The first kappa shape index (κ1) is 22.8. The quantitative estimate of drug-likeness (QED) is 0.423. The molecule has 3 rings (SSSR count). The summed E-state index contributed by atoms with van der Waals surface area (Å²) in [5.74, 6) is -0.445. The lowest BCUT2D eigenvalue weighted by atomic mass is 9.64. The third-order valence-electron chi connectivity index (χ3n) is 5.99. The van der Waals surface area contributed by atoms with Crippen LogP contribution in [0.25, 0.3) is 0 Å². The molecule has 1 saturated heterocycles. The molecule has 8 heteroatoms. The number of methoxy groups -OCH3 is 1. The number of nitrogens with one attached hydrogen (secondary N) is 1. The molecular formula is C23H30N2O6. The molecule has 1 aliphatic heterocycles. The van der Waals surface area contributed by atoms with Crippen LogP contribution in [0.3, 0.4) is 0 Å². The number of ether oxygens (including phenoxy) is 2. The van der Waals surface area contributed by atoms with Crippen molar-refractivity contribution in [3.8, 4) is 5.75 Å². The number of imide groups is 1. The lowest BCUT2D eigenvalue weighted by Crippen LogP contribution is -2.54. The van der Waals surface area contributed by atoms with Crippen LogP contribution in [0.5, 0.6) is 5.75 Å². The van der Waals surface area contributed by atoms with Gasteiger partial charge in [-0.15, -0.1) is 0 Å². The first-order chi connectivity index (χ1) is 14.5. The van der Waals surface area contributed by atoms with Gasteiger partial charge in [-0.25, -0.2) is 4.79 Å². The van der Waals surface area contributed by atoms with E-state index in [1.165, 1.54) is 14.0 Å². The van der Waals surface area contributed by atoms with Crippen LogP contribution in [-0.4, -0.2) is 47.8 Å². The molecule has 2 atom stereocenters. The van der Waals surface area contributed by atoms with Gasteiger partial charge in [0.2, 0.25) is 0 Å². The van der Waals surface area contributed by atoms with Gasteiger partial charge >= 0.3 is 12.0 Å². The highest BCUT2D eigenvalue weighted by Crippen LogP contribution is 2.46. The molecule has 1 spiro atoms. The number of rotatable bonds is 6. The maximum Gasteiger partial charge on any atom is 0.326 e. The zero-order chi connectivity index (χ0) is 23.0. The molecule has 0 bridgehead atoms. The monoisotopic (exact) mass is 430 g/mol. The Balaban J connectivity index is 1.67. The van der Waals surface area contributed by atoms with Gasteiger partial charge in [-0.2, -0.15) is 0 Å². The van der Waals surface area contributed by atoms with E-state index >= 15 is 0 Å². The largest absolute Gasteiger partial charge is 0.496 e. The average Bonchev–Trinajstić information content (AvgIpc) is 2.87. The molecule has 1 saturated carbocycles. The molecule has 1 aliphatic carbocycles. The van der Waals surface area contributed by atoms with Crippen LogP contribution >= 0.6 is 0 Å². The van der Waals surface area contributed by atoms with E-state index in [4.69, 9.17) is 9.47 Å². The summed E-state index contributed by atoms with van der Waals surface area (Å²) in [6, 6.07) is 4.30. The minimum Gasteiger partial charge on any atom is -0.496 e. The third-order valence-corrected chi connectivity index (χ3v) is 5.99. The Hall–Kier alpha value is -2.90. The average molecular weight is 431 g/mol. The van der Waals surface area contributed by atoms with Crippen molar-refractivity contribution < 1.29 is 28.7 Å². The number of ketones is 1. The number of esters is 1. The Morgan fingerprint density at radius 3 is 2.55 bits per heavy atom. The number of carbonyl (C=O) groups excluding carboxylic acids is 4. The van der Waals surface area contributed by atoms with E-state index in [1.807, 2.05) is 0 Å². The summed E-state index contributed by atoms with van der Waals surface area (Å²) in [6.07, 6.45) is 2.07. The summed E-state index contributed by atoms with van der Waals surface area (Å²) in [4.78, 5) is 50.7. The van der Waals surface area contributed by atoms with E-state index in [9.17, 15) is 19.2 Å². The molecule has 2 aliphatic rings. The Kier molecular flexibility index (Phi) is 6.11. The van der Waals surface area contributed by atoms with E-state index in [-0.39, 0.29) is 29.6 Å². The number of hydrogen-bond donors (Lipinski definition) is 1. The second kappa shape index (κ2) is 8.32. The van der Waals surface area contributed by atoms with Crippen molar-refractivity contribution >= 4 is 23.7 Å². The first-order valence-corrected chi connectivity index (χ1v) is 10.4. The van der Waals surface area contributed by atoms with Gasteiger partial charge in [-0.1, -0.05) is 20.8 Å². The molecule has 31 heavy (non-hydrogen) atoms. The summed E-state index contributed by atoms with van der Waals surface area (Å²) in [7, 11) is 1.48. The van der Waals surface area contributed by atoms with Crippen LogP contribution in [-0.2, 0) is 20.9 Å². The predicted octanol–water partition coefficient (Wildman–Crippen LogP) is 3.08. The molecule has 1 heterocycles. The molecule has 168 valence electrons. The number of amides is 3. The van der Waals surface area contributed by atoms with Crippen LogP contribution < -0.4 is 10.1 Å². The van der Waals surface area contributed by atoms with Crippen molar-refractivity contribution in [2.45, 2.75) is 59.1 Å². The molecule has 1 aromatic rings. The maximum atomic E-state index is 13.1. The second-order valence-electron chi connectivity index (χ2n) is 9.50. The van der Waals surface area contributed by atoms with Gasteiger partial charge in [-0.05, 0) is 55.7 Å². The van der Waals surface area contributed by atoms with Crippen LogP contribution in [0.2, 0.25) is 0 Å². The van der Waals surface area contributed by atoms with Crippen molar-refractivity contribution in [2.24, 2.45) is 11.3 Å². The summed E-state index contributed by atoms with van der Waals surface area (Å²) in [5, 5.41) is 2.84. The minimum atomic E-state index is -0.961. The molecule has 0 radical (unpaired) electrons. The summed E-state index contributed by atoms with van der Waals surface area (Å²) in [6.45, 7) is 7.09. The first-order valence-electron chi connectivity index (χ1n) is 10.4. The standard InChI is InChI=1S/C23H30N2O6/c1-14-9-22(3,4)13-23(10-14)20(28)25(21(29)24-23)11-19(27)31-12-17-8-16(15(2)26)6-7-18(17)30-5/h6-8,14H,9-13H2,1-5H3,(H,24,29)/t14-,23-/m1/s1. The Bertz CT molecular complexity index is 925. The van der Waals surface area contributed by atoms with Crippen molar-refractivity contribution in [3.05, 3.63) is 29.3 Å². The van der Waals surface area contributed by atoms with Gasteiger partial charge in [0.15, 0.2) is 5.78 Å². The molecule has 2 fully saturated rings. The van der Waals surface area contributed by atoms with Gasteiger partial charge < -0.3 is 14.8 Å². The van der Waals surface area contributed by atoms with Crippen LogP contribution in [0.15, 0.2) is 18.2 Å². The van der Waals surface area contributed by atoms with Gasteiger partial charge in [0.05, 0.1) is 7.11 Å². The Morgan fingerprint density at radius 2 is 1.94 bits per heavy atom. The number of benzene rings is 1. The molecule has 8 nitrogen and oxygen atoms in total. The van der Waals surface area contributed by atoms with E-state index in [0.29, 0.717) is 29.7 Å². The van der Waals surface area contributed by atoms with Crippen LogP contribution in [0.4, 0.5) is 4.79 Å². The highest BCUT2D eigenvalue weighted by Gasteiger charge is 2.56. The SMILES string of the molecule is COc1ccc(C(C)=O)cc1COC(=O)CN1C(=O)N[C@@]2(C[C@H](C)CC(C)(C)C2)C1=O. The van der Waals surface area contributed by atoms with Crippen LogP contribution in [0.1, 0.15) is 62.9 Å². The van der Waals surface area contributed by atoms with Gasteiger partial charge in [0, 0.05) is 11.1 Å². The van der Waals surface area contributed by atoms with Crippen molar-refractivity contribution in [3.63, 3.8) is 0 Å². The zero-order valence-electron chi connectivity index (χ0n) is 18.7. The number of nitrogens with zero attached hydrogens (tertiary/aromatic N) is 1. The molecule has 0 unspecified atom stereocenters. The predicted molar refractivity (Wildman–Crippen MR) is 113 cm³/mol. The van der Waals surface area contributed by atoms with Crippen molar-refractivity contribution in [1.29, 1.82) is 0 Å². The Morgan fingerprint density at radius 1 is 1.23 bits per heavy atom. The third kappa shape index (κ3) is 4.73. The van der Waals surface area contributed by atoms with Crippen molar-refractivity contribution in [2.75, 3.05) is 13.7 Å². The lowest BCUT2D eigenvalue weighted by Gasteiger charge is -2.43. The summed E-state index contributed by atoms with van der Waals surface area (Å²) >= 11 is 0. The van der Waals surface area contributed by atoms with E-state index in [1.54, 1.807) is 18.2 Å². The number of Topliss-reactive ketones (excluding diaryl/α,β-unsaturated/α-hetero) is 1. The second-order valence-corrected chi connectivity index (χ2v) is 9.50.